The zero-order chi connectivity index (χ0) is 9.97. The van der Waals surface area contributed by atoms with Gasteiger partial charge >= 0.3 is 0 Å². The van der Waals surface area contributed by atoms with E-state index in [1.165, 1.54) is 0 Å². The van der Waals surface area contributed by atoms with Crippen molar-refractivity contribution in [1.29, 1.82) is 0 Å². The quantitative estimate of drug-likeness (QED) is 0.891. The van der Waals surface area contributed by atoms with Gasteiger partial charge in [0.2, 0.25) is 5.13 Å². The summed E-state index contributed by atoms with van der Waals surface area (Å²) < 4.78 is 0.830. The van der Waals surface area contributed by atoms with Gasteiger partial charge in [-0.3, -0.25) is 0 Å². The summed E-state index contributed by atoms with van der Waals surface area (Å²) in [6, 6.07) is 0. The maximum Gasteiger partial charge on any atom is 0.209 e. The Hall–Kier alpha value is -0.200. The fourth-order valence-electron chi connectivity index (χ4n) is 1.63. The first-order valence-electron chi connectivity index (χ1n) is 4.64. The normalized spacial score (nSPS) is 18.9. The number of rotatable bonds is 2. The van der Waals surface area contributed by atoms with Crippen LogP contribution in [-0.2, 0) is 0 Å². The van der Waals surface area contributed by atoms with Crippen LogP contribution in [-0.4, -0.2) is 35.0 Å². The van der Waals surface area contributed by atoms with Gasteiger partial charge in [0.1, 0.15) is 0 Å². The number of nitrogens with zero attached hydrogens (tertiary/aromatic N) is 3. The number of hydrogen-bond donors (Lipinski definition) is 1. The Morgan fingerprint density at radius 2 is 2.14 bits per heavy atom. The average Bonchev–Trinajstić information content (AvgIpc) is 2.65. The summed E-state index contributed by atoms with van der Waals surface area (Å²) >= 11 is 4.86. The van der Waals surface area contributed by atoms with Crippen LogP contribution in [0.2, 0.25) is 0 Å². The molecule has 1 aliphatic heterocycles. The van der Waals surface area contributed by atoms with Gasteiger partial charge in [-0.25, -0.2) is 0 Å². The van der Waals surface area contributed by atoms with Crippen molar-refractivity contribution in [3.05, 3.63) is 3.92 Å². The van der Waals surface area contributed by atoms with E-state index < -0.39 is 0 Å². The molecule has 2 heterocycles. The van der Waals surface area contributed by atoms with E-state index in [0.717, 1.165) is 35.0 Å². The molecule has 1 aliphatic rings. The van der Waals surface area contributed by atoms with Crippen molar-refractivity contribution < 1.29 is 5.11 Å². The van der Waals surface area contributed by atoms with Gasteiger partial charge in [0.05, 0.1) is 0 Å². The minimum absolute atomic E-state index is 0.313. The molecular weight excluding hydrogens is 266 g/mol. The zero-order valence-corrected chi connectivity index (χ0v) is 10.1. The van der Waals surface area contributed by atoms with Gasteiger partial charge in [-0.2, -0.15) is 0 Å². The van der Waals surface area contributed by atoms with E-state index in [1.54, 1.807) is 11.3 Å². The van der Waals surface area contributed by atoms with Gasteiger partial charge in [-0.05, 0) is 34.7 Å². The molecule has 1 aromatic rings. The number of halogens is 1. The van der Waals surface area contributed by atoms with Crippen molar-refractivity contribution in [2.24, 2.45) is 5.92 Å². The summed E-state index contributed by atoms with van der Waals surface area (Å²) in [7, 11) is 0. The second-order valence-electron chi connectivity index (χ2n) is 3.45. The Bertz CT molecular complexity index is 299. The van der Waals surface area contributed by atoms with Gasteiger partial charge < -0.3 is 10.0 Å². The summed E-state index contributed by atoms with van der Waals surface area (Å²) in [5.41, 5.74) is 0. The topological polar surface area (TPSA) is 49.2 Å². The van der Waals surface area contributed by atoms with Crippen LogP contribution in [0.5, 0.6) is 0 Å². The molecule has 1 N–H and O–H groups in total. The average molecular weight is 278 g/mol. The molecule has 4 nitrogen and oxygen atoms in total. The highest BCUT2D eigenvalue weighted by molar-refractivity contribution is 9.11. The Balaban J connectivity index is 1.95. The second-order valence-corrected chi connectivity index (χ2v) is 5.68. The number of aliphatic hydroxyl groups excluding tert-OH is 1. The van der Waals surface area contributed by atoms with Gasteiger partial charge in [0.15, 0.2) is 3.92 Å². The van der Waals surface area contributed by atoms with Crippen molar-refractivity contribution in [1.82, 2.24) is 10.2 Å². The highest BCUT2D eigenvalue weighted by Crippen LogP contribution is 2.27. The minimum Gasteiger partial charge on any atom is -0.396 e. The molecule has 6 heteroatoms. The Morgan fingerprint density at radius 3 is 2.64 bits per heavy atom. The smallest absolute Gasteiger partial charge is 0.209 e. The molecule has 0 amide bonds. The number of hydrogen-bond acceptors (Lipinski definition) is 5. The standard InChI is InChI=1S/C8H12BrN3OS/c9-7-10-11-8(14-7)12-3-1-6(5-13)2-4-12/h6,13H,1-5H2. The van der Waals surface area contributed by atoms with E-state index in [-0.39, 0.29) is 0 Å². The van der Waals surface area contributed by atoms with Crippen LogP contribution >= 0.6 is 27.3 Å². The van der Waals surface area contributed by atoms with Crippen molar-refractivity contribution in [2.45, 2.75) is 12.8 Å². The van der Waals surface area contributed by atoms with E-state index in [1.807, 2.05) is 0 Å². The summed E-state index contributed by atoms with van der Waals surface area (Å²) in [6.07, 6.45) is 2.10. The third kappa shape index (κ3) is 2.24. The molecule has 0 aliphatic carbocycles. The molecular formula is C8H12BrN3OS. The molecule has 1 saturated heterocycles. The number of anilines is 1. The summed E-state index contributed by atoms with van der Waals surface area (Å²) in [4.78, 5) is 2.23. The fourth-order valence-corrected chi connectivity index (χ4v) is 2.77. The van der Waals surface area contributed by atoms with Crippen LogP contribution in [0, 0.1) is 5.92 Å². The lowest BCUT2D eigenvalue weighted by atomic mass is 9.98. The largest absolute Gasteiger partial charge is 0.396 e. The van der Waals surface area contributed by atoms with Crippen molar-refractivity contribution in [3.63, 3.8) is 0 Å². The van der Waals surface area contributed by atoms with E-state index in [2.05, 4.69) is 31.0 Å². The first kappa shape index (κ1) is 10.3. The molecule has 0 spiro atoms. The molecule has 78 valence electrons. The summed E-state index contributed by atoms with van der Waals surface area (Å²) in [5, 5.41) is 18.0. The molecule has 0 atom stereocenters. The van der Waals surface area contributed by atoms with Crippen LogP contribution in [0.4, 0.5) is 5.13 Å². The van der Waals surface area contributed by atoms with Crippen LogP contribution < -0.4 is 4.90 Å². The minimum atomic E-state index is 0.313. The Kier molecular flexibility index (Phi) is 3.35. The van der Waals surface area contributed by atoms with Crippen molar-refractivity contribution in [2.75, 3.05) is 24.6 Å². The highest BCUT2D eigenvalue weighted by atomic mass is 79.9. The van der Waals surface area contributed by atoms with Crippen LogP contribution in [0.15, 0.2) is 3.92 Å². The summed E-state index contributed by atoms with van der Waals surface area (Å²) in [5.74, 6) is 0.475. The number of aromatic nitrogens is 2. The molecule has 1 aromatic heterocycles. The lowest BCUT2D eigenvalue weighted by Gasteiger charge is -2.30. The fraction of sp³-hybridized carbons (Fsp3) is 0.750. The molecule has 0 radical (unpaired) electrons. The molecule has 0 bridgehead atoms. The van der Waals surface area contributed by atoms with Crippen molar-refractivity contribution >= 4 is 32.4 Å². The predicted octanol–water partition coefficient (Wildman–Crippen LogP) is 1.51. The van der Waals surface area contributed by atoms with Gasteiger partial charge in [-0.1, -0.05) is 11.3 Å². The second kappa shape index (κ2) is 4.55. The van der Waals surface area contributed by atoms with Crippen molar-refractivity contribution in [3.8, 4) is 0 Å². The molecule has 0 saturated carbocycles. The zero-order valence-electron chi connectivity index (χ0n) is 7.69. The maximum absolute atomic E-state index is 9.00. The molecule has 1 fully saturated rings. The van der Waals surface area contributed by atoms with Gasteiger partial charge in [0, 0.05) is 19.7 Å². The first-order valence-corrected chi connectivity index (χ1v) is 6.25. The molecule has 0 unspecified atom stereocenters. The van der Waals surface area contributed by atoms with Crippen LogP contribution in [0.1, 0.15) is 12.8 Å². The van der Waals surface area contributed by atoms with E-state index in [9.17, 15) is 0 Å². The third-order valence-corrected chi connectivity index (χ3v) is 3.95. The lowest BCUT2D eigenvalue weighted by molar-refractivity contribution is 0.203. The number of piperidine rings is 1. The first-order chi connectivity index (χ1) is 6.79. The van der Waals surface area contributed by atoms with Gasteiger partial charge in [0.25, 0.3) is 0 Å². The maximum atomic E-state index is 9.00. The van der Waals surface area contributed by atoms with E-state index in [4.69, 9.17) is 5.11 Å². The Morgan fingerprint density at radius 1 is 1.43 bits per heavy atom. The Labute approximate surface area is 95.1 Å². The molecule has 14 heavy (non-hydrogen) atoms. The molecule has 0 aromatic carbocycles. The van der Waals surface area contributed by atoms with Crippen LogP contribution in [0.25, 0.3) is 0 Å². The van der Waals surface area contributed by atoms with Gasteiger partial charge in [-0.15, -0.1) is 10.2 Å². The monoisotopic (exact) mass is 277 g/mol. The molecule has 2 rings (SSSR count). The van der Waals surface area contributed by atoms with E-state index in [0.29, 0.717) is 12.5 Å². The lowest BCUT2D eigenvalue weighted by Crippen LogP contribution is -2.34. The van der Waals surface area contributed by atoms with Crippen LogP contribution in [0.3, 0.4) is 0 Å². The summed E-state index contributed by atoms with van der Waals surface area (Å²) in [6.45, 7) is 2.27. The third-order valence-electron chi connectivity index (χ3n) is 2.53. The highest BCUT2D eigenvalue weighted by Gasteiger charge is 2.20. The SMILES string of the molecule is OCC1CCN(c2nnc(Br)s2)CC1. The number of aliphatic hydroxyl groups is 1. The van der Waals surface area contributed by atoms with E-state index >= 15 is 0 Å². The predicted molar refractivity (Wildman–Crippen MR) is 59.6 cm³/mol.